The Morgan fingerprint density at radius 2 is 1.50 bits per heavy atom. The molecule has 1 aliphatic heterocycles. The highest BCUT2D eigenvalue weighted by Crippen LogP contribution is 2.51. The van der Waals surface area contributed by atoms with Crippen molar-refractivity contribution in [1.29, 1.82) is 5.41 Å². The Kier molecular flexibility index (Phi) is 2.94. The van der Waals surface area contributed by atoms with Gasteiger partial charge in [0.2, 0.25) is 0 Å². The molecule has 3 nitrogen and oxygen atoms in total. The van der Waals surface area contributed by atoms with Crippen molar-refractivity contribution in [3.63, 3.8) is 0 Å². The second kappa shape index (κ2) is 4.97. The van der Waals surface area contributed by atoms with Crippen LogP contribution >= 0.6 is 0 Å². The highest BCUT2D eigenvalue weighted by molar-refractivity contribution is 5.99. The number of nitrogens with one attached hydrogen (secondary N) is 1. The van der Waals surface area contributed by atoms with E-state index in [2.05, 4.69) is 30.3 Å². The van der Waals surface area contributed by atoms with Crippen LogP contribution < -0.4 is 5.73 Å². The van der Waals surface area contributed by atoms with Crippen LogP contribution in [0.4, 0.5) is 0 Å². The van der Waals surface area contributed by atoms with Gasteiger partial charge in [-0.2, -0.15) is 0 Å². The van der Waals surface area contributed by atoms with E-state index in [-0.39, 0.29) is 18.0 Å². The summed E-state index contributed by atoms with van der Waals surface area (Å²) in [4.78, 5) is 0. The summed E-state index contributed by atoms with van der Waals surface area (Å²) in [5.41, 5.74) is 8.71. The van der Waals surface area contributed by atoms with Gasteiger partial charge in [-0.25, -0.2) is 0 Å². The highest BCUT2D eigenvalue weighted by atomic mass is 16.6. The number of rotatable bonds is 3. The molecule has 1 aliphatic rings. The van der Waals surface area contributed by atoms with Crippen molar-refractivity contribution in [3.8, 4) is 0 Å². The molecule has 0 radical (unpaired) electrons. The number of hydrogen-bond donors (Lipinski definition) is 2. The van der Waals surface area contributed by atoms with Gasteiger partial charge in [0.25, 0.3) is 0 Å². The molecule has 0 aliphatic carbocycles. The zero-order valence-corrected chi connectivity index (χ0v) is 12.0. The van der Waals surface area contributed by atoms with Crippen LogP contribution in [0.2, 0.25) is 0 Å². The first-order chi connectivity index (χ1) is 10.7. The molecule has 0 amide bonds. The van der Waals surface area contributed by atoms with Crippen molar-refractivity contribution < 1.29 is 4.74 Å². The Morgan fingerprint density at radius 1 is 0.818 bits per heavy atom. The topological polar surface area (TPSA) is 62.4 Å². The molecule has 0 saturated carbocycles. The Hall–Kier alpha value is -2.65. The van der Waals surface area contributed by atoms with Crippen molar-refractivity contribution in [2.75, 3.05) is 0 Å². The smallest absolute Gasteiger partial charge is 0.122 e. The summed E-state index contributed by atoms with van der Waals surface area (Å²) < 4.78 is 5.85. The maximum atomic E-state index is 7.51. The summed E-state index contributed by atoms with van der Waals surface area (Å²) in [6.07, 6.45) is 0.300. The van der Waals surface area contributed by atoms with Crippen molar-refractivity contribution >= 4 is 16.6 Å². The standard InChI is InChI=1S/C19H16N2O/c20-19(21)16-9-7-13-10-15(8-6-14(13)11-16)18-17(22-18)12-4-2-1-3-5-12/h1-11,17-18H,(H3,20,21)/t17-,18-/m0/s1. The third-order valence-electron chi connectivity index (χ3n) is 4.12. The van der Waals surface area contributed by atoms with Gasteiger partial charge in [-0.05, 0) is 34.0 Å². The predicted octanol–water partition coefficient (Wildman–Crippen LogP) is 3.94. The van der Waals surface area contributed by atoms with Crippen molar-refractivity contribution in [1.82, 2.24) is 0 Å². The van der Waals surface area contributed by atoms with Crippen LogP contribution in [0.5, 0.6) is 0 Å². The van der Waals surface area contributed by atoms with Gasteiger partial charge in [0.05, 0.1) is 0 Å². The van der Waals surface area contributed by atoms with Crippen LogP contribution in [0, 0.1) is 5.41 Å². The molecule has 2 atom stereocenters. The number of nitrogen functional groups attached to an aromatic ring is 1. The van der Waals surface area contributed by atoms with Crippen LogP contribution in [0.1, 0.15) is 28.9 Å². The molecular formula is C19H16N2O. The second-order valence-electron chi connectivity index (χ2n) is 5.62. The summed E-state index contributed by atoms with van der Waals surface area (Å²) in [6.45, 7) is 0. The fourth-order valence-electron chi connectivity index (χ4n) is 2.87. The first-order valence-electron chi connectivity index (χ1n) is 7.31. The maximum absolute atomic E-state index is 7.51. The van der Waals surface area contributed by atoms with Gasteiger partial charge in [0, 0.05) is 5.56 Å². The SMILES string of the molecule is N=C(N)c1ccc2cc([C@@H]3O[C@H]3c3ccccc3)ccc2c1. The van der Waals surface area contributed by atoms with E-state index in [1.807, 2.05) is 36.4 Å². The van der Waals surface area contributed by atoms with Gasteiger partial charge in [0.1, 0.15) is 18.0 Å². The van der Waals surface area contributed by atoms with Crippen LogP contribution in [0.3, 0.4) is 0 Å². The molecule has 1 saturated heterocycles. The van der Waals surface area contributed by atoms with Crippen LogP contribution in [0.25, 0.3) is 10.8 Å². The predicted molar refractivity (Wildman–Crippen MR) is 88.0 cm³/mol. The van der Waals surface area contributed by atoms with Crippen LogP contribution in [0.15, 0.2) is 66.7 Å². The van der Waals surface area contributed by atoms with E-state index in [4.69, 9.17) is 15.9 Å². The molecule has 108 valence electrons. The lowest BCUT2D eigenvalue weighted by molar-refractivity contribution is 0.378. The van der Waals surface area contributed by atoms with Gasteiger partial charge < -0.3 is 10.5 Å². The molecular weight excluding hydrogens is 272 g/mol. The summed E-state index contributed by atoms with van der Waals surface area (Å²) in [5, 5.41) is 9.74. The molecule has 3 aromatic rings. The van der Waals surface area contributed by atoms with E-state index in [1.165, 1.54) is 11.1 Å². The Labute approximate surface area is 128 Å². The van der Waals surface area contributed by atoms with Gasteiger partial charge in [0.15, 0.2) is 0 Å². The summed E-state index contributed by atoms with van der Waals surface area (Å²) >= 11 is 0. The summed E-state index contributed by atoms with van der Waals surface area (Å²) in [5.74, 6) is 0.0978. The number of amidine groups is 1. The summed E-state index contributed by atoms with van der Waals surface area (Å²) in [6, 6.07) is 22.5. The van der Waals surface area contributed by atoms with E-state index >= 15 is 0 Å². The molecule has 0 aromatic heterocycles. The maximum Gasteiger partial charge on any atom is 0.122 e. The first kappa shape index (κ1) is 13.0. The third kappa shape index (κ3) is 2.26. The van der Waals surface area contributed by atoms with Gasteiger partial charge in [-0.1, -0.05) is 54.6 Å². The van der Waals surface area contributed by atoms with E-state index in [1.54, 1.807) is 0 Å². The van der Waals surface area contributed by atoms with Crippen molar-refractivity contribution in [2.24, 2.45) is 5.73 Å². The largest absolute Gasteiger partial charge is 0.384 e. The van der Waals surface area contributed by atoms with E-state index < -0.39 is 0 Å². The lowest BCUT2D eigenvalue weighted by atomic mass is 10.00. The fraction of sp³-hybridized carbons (Fsp3) is 0.105. The summed E-state index contributed by atoms with van der Waals surface area (Å²) in [7, 11) is 0. The zero-order valence-electron chi connectivity index (χ0n) is 12.0. The van der Waals surface area contributed by atoms with Crippen molar-refractivity contribution in [3.05, 3.63) is 83.4 Å². The molecule has 4 rings (SSSR count). The average molecular weight is 288 g/mol. The minimum atomic E-state index is 0.0978. The molecule has 0 spiro atoms. The number of benzene rings is 3. The average Bonchev–Trinajstić information content (AvgIpc) is 3.35. The lowest BCUT2D eigenvalue weighted by Gasteiger charge is -2.04. The van der Waals surface area contributed by atoms with E-state index in [0.29, 0.717) is 0 Å². The molecule has 1 heterocycles. The Bertz CT molecular complexity index is 858. The van der Waals surface area contributed by atoms with E-state index in [0.717, 1.165) is 16.3 Å². The minimum Gasteiger partial charge on any atom is -0.384 e. The highest BCUT2D eigenvalue weighted by Gasteiger charge is 2.41. The zero-order chi connectivity index (χ0) is 15.1. The number of nitrogens with two attached hydrogens (primary N) is 1. The van der Waals surface area contributed by atoms with Crippen LogP contribution in [-0.4, -0.2) is 5.84 Å². The number of epoxide rings is 1. The number of fused-ring (bicyclic) bond motifs is 1. The molecule has 3 aromatic carbocycles. The van der Waals surface area contributed by atoms with Gasteiger partial charge >= 0.3 is 0 Å². The molecule has 3 N–H and O–H groups in total. The monoisotopic (exact) mass is 288 g/mol. The van der Waals surface area contributed by atoms with Crippen LogP contribution in [-0.2, 0) is 4.74 Å². The number of hydrogen-bond acceptors (Lipinski definition) is 2. The molecule has 0 unspecified atom stereocenters. The molecule has 22 heavy (non-hydrogen) atoms. The molecule has 1 fully saturated rings. The normalized spacial score (nSPS) is 20.0. The molecule has 0 bridgehead atoms. The van der Waals surface area contributed by atoms with E-state index in [9.17, 15) is 0 Å². The lowest BCUT2D eigenvalue weighted by Crippen LogP contribution is -2.10. The van der Waals surface area contributed by atoms with Gasteiger partial charge in [-0.15, -0.1) is 0 Å². The third-order valence-corrected chi connectivity index (χ3v) is 4.12. The minimum absolute atomic E-state index is 0.0978. The quantitative estimate of drug-likeness (QED) is 0.435. The Balaban J connectivity index is 1.64. The number of ether oxygens (including phenoxy) is 1. The first-order valence-corrected chi connectivity index (χ1v) is 7.31. The van der Waals surface area contributed by atoms with Gasteiger partial charge in [-0.3, -0.25) is 5.41 Å². The second-order valence-corrected chi connectivity index (χ2v) is 5.62. The molecule has 3 heteroatoms. The Morgan fingerprint density at radius 3 is 2.27 bits per heavy atom. The van der Waals surface area contributed by atoms with Crippen molar-refractivity contribution in [2.45, 2.75) is 12.2 Å². The fourth-order valence-corrected chi connectivity index (χ4v) is 2.87.